The Hall–Kier alpha value is -4.74. The van der Waals surface area contributed by atoms with Crippen LogP contribution in [0.1, 0.15) is 58.2 Å². The van der Waals surface area contributed by atoms with Gasteiger partial charge in [-0.1, -0.05) is 139 Å². The molecule has 0 aliphatic heterocycles. The van der Waals surface area contributed by atoms with Crippen molar-refractivity contribution in [2.75, 3.05) is 0 Å². The highest BCUT2D eigenvalue weighted by molar-refractivity contribution is 6.88. The average Bonchev–Trinajstić information content (AvgIpc) is 3.43. The van der Waals surface area contributed by atoms with E-state index in [0.717, 1.165) is 56.0 Å². The summed E-state index contributed by atoms with van der Waals surface area (Å²) in [5, 5.41) is 12.9. The third kappa shape index (κ3) is 6.52. The molecule has 0 saturated heterocycles. The maximum absolute atomic E-state index is 11.5. The topological polar surface area (TPSA) is 50.4 Å². The highest BCUT2D eigenvalue weighted by Crippen LogP contribution is 2.40. The van der Waals surface area contributed by atoms with Crippen LogP contribution < -0.4 is 5.19 Å². The first kappa shape index (κ1) is 33.2. The van der Waals surface area contributed by atoms with Crippen molar-refractivity contribution in [2.45, 2.75) is 72.0 Å². The Labute approximate surface area is 286 Å². The van der Waals surface area contributed by atoms with Crippen molar-refractivity contribution in [3.8, 4) is 34.0 Å². The molecule has 5 aromatic carbocycles. The molecule has 0 spiro atoms. The average molecular weight is 650 g/mol. The van der Waals surface area contributed by atoms with Crippen LogP contribution in [0, 0.1) is 0 Å². The standard InChI is InChI=1S/C43H47N3OSi/c1-42(2,3)31-26-30(40(47)36(27-31)43(4,5)6)28-44-37-20-14-13-18-35(37)41-45-39-34(29-22-24-33(25-23-29)48(7,8)9)19-15-21-38(39)46(41)32-16-11-10-12-17-32/h10-28,47H,1-9H3. The molecule has 0 radical (unpaired) electrons. The lowest BCUT2D eigenvalue weighted by atomic mass is 9.79. The largest absolute Gasteiger partial charge is 0.507 e. The molecule has 5 heteroatoms. The molecule has 1 aromatic heterocycles. The second kappa shape index (κ2) is 12.4. The molecule has 0 bridgehead atoms. The van der Waals surface area contributed by atoms with Crippen LogP contribution >= 0.6 is 0 Å². The first-order chi connectivity index (χ1) is 22.6. The van der Waals surface area contributed by atoms with Crippen molar-refractivity contribution in [1.29, 1.82) is 0 Å². The van der Waals surface area contributed by atoms with Crippen LogP contribution in [0.15, 0.2) is 114 Å². The monoisotopic (exact) mass is 649 g/mol. The molecule has 0 amide bonds. The first-order valence-electron chi connectivity index (χ1n) is 16.8. The van der Waals surface area contributed by atoms with Gasteiger partial charge in [-0.05, 0) is 58.4 Å². The number of phenolic OH excluding ortho intramolecular Hbond substituents is 1. The van der Waals surface area contributed by atoms with E-state index in [1.54, 1.807) is 6.21 Å². The number of aromatic nitrogens is 2. The number of benzene rings is 5. The Bertz CT molecular complexity index is 2120. The third-order valence-electron chi connectivity index (χ3n) is 9.06. The molecule has 0 aliphatic rings. The summed E-state index contributed by atoms with van der Waals surface area (Å²) < 4.78 is 2.24. The highest BCUT2D eigenvalue weighted by atomic mass is 28.3. The van der Waals surface area contributed by atoms with Crippen molar-refractivity contribution < 1.29 is 5.11 Å². The van der Waals surface area contributed by atoms with Gasteiger partial charge in [-0.25, -0.2) is 4.98 Å². The van der Waals surface area contributed by atoms with Crippen LogP contribution in [0.3, 0.4) is 0 Å². The molecule has 6 aromatic rings. The molecule has 0 unspecified atom stereocenters. The number of aromatic hydroxyl groups is 1. The molecule has 1 N–H and O–H groups in total. The van der Waals surface area contributed by atoms with Gasteiger partial charge < -0.3 is 5.11 Å². The minimum absolute atomic E-state index is 0.0819. The predicted octanol–water partition coefficient (Wildman–Crippen LogP) is 11.0. The summed E-state index contributed by atoms with van der Waals surface area (Å²) in [5.41, 5.74) is 9.45. The summed E-state index contributed by atoms with van der Waals surface area (Å²) >= 11 is 0. The summed E-state index contributed by atoms with van der Waals surface area (Å²) in [4.78, 5) is 10.4. The van der Waals surface area contributed by atoms with Crippen LogP contribution in [-0.4, -0.2) is 28.9 Å². The SMILES string of the molecule is CC(C)(C)c1cc(C=Nc2ccccc2-c2nc3c(-c4ccc([Si](C)(C)C)cc4)cccc3n2-c2ccccc2)c(O)c(C(C)(C)C)c1. The Morgan fingerprint density at radius 3 is 2.00 bits per heavy atom. The second-order valence-corrected chi connectivity index (χ2v) is 20.9. The molecule has 48 heavy (non-hydrogen) atoms. The fraction of sp³-hybridized carbons (Fsp3) is 0.256. The van der Waals surface area contributed by atoms with Crippen molar-refractivity contribution >= 4 is 36.2 Å². The van der Waals surface area contributed by atoms with Crippen molar-refractivity contribution in [3.05, 3.63) is 126 Å². The van der Waals surface area contributed by atoms with Gasteiger partial charge in [-0.3, -0.25) is 9.56 Å². The predicted molar refractivity (Wildman–Crippen MR) is 208 cm³/mol. The van der Waals surface area contributed by atoms with Crippen LogP contribution in [-0.2, 0) is 10.8 Å². The summed E-state index contributed by atoms with van der Waals surface area (Å²) in [7, 11) is -1.42. The Morgan fingerprint density at radius 1 is 0.708 bits per heavy atom. The van der Waals surface area contributed by atoms with Gasteiger partial charge in [-0.2, -0.15) is 0 Å². The fourth-order valence-electron chi connectivity index (χ4n) is 6.18. The van der Waals surface area contributed by atoms with E-state index in [0.29, 0.717) is 5.56 Å². The Morgan fingerprint density at radius 2 is 1.35 bits per heavy atom. The van der Waals surface area contributed by atoms with E-state index < -0.39 is 8.07 Å². The zero-order chi connectivity index (χ0) is 34.4. The number of fused-ring (bicyclic) bond motifs is 1. The van der Waals surface area contributed by atoms with E-state index in [9.17, 15) is 5.11 Å². The maximum Gasteiger partial charge on any atom is 0.147 e. The van der Waals surface area contributed by atoms with Gasteiger partial charge in [-0.15, -0.1) is 0 Å². The van der Waals surface area contributed by atoms with Crippen molar-refractivity contribution in [3.63, 3.8) is 0 Å². The lowest BCUT2D eigenvalue weighted by molar-refractivity contribution is 0.444. The number of para-hydroxylation sites is 3. The Kier molecular flexibility index (Phi) is 8.55. The summed E-state index contributed by atoms with van der Waals surface area (Å²) in [6.07, 6.45) is 1.81. The smallest absolute Gasteiger partial charge is 0.147 e. The number of phenols is 1. The zero-order valence-corrected chi connectivity index (χ0v) is 30.8. The minimum Gasteiger partial charge on any atom is -0.507 e. The van der Waals surface area contributed by atoms with E-state index >= 15 is 0 Å². The molecule has 4 nitrogen and oxygen atoms in total. The van der Waals surface area contributed by atoms with Crippen LogP contribution in [0.2, 0.25) is 19.6 Å². The first-order valence-corrected chi connectivity index (χ1v) is 20.3. The van der Waals surface area contributed by atoms with Gasteiger partial charge in [0.1, 0.15) is 11.6 Å². The van der Waals surface area contributed by atoms with Gasteiger partial charge in [0.05, 0.1) is 24.8 Å². The molecule has 6 rings (SSSR count). The van der Waals surface area contributed by atoms with E-state index in [1.165, 1.54) is 5.19 Å². The highest BCUT2D eigenvalue weighted by Gasteiger charge is 2.25. The zero-order valence-electron chi connectivity index (χ0n) is 29.8. The minimum atomic E-state index is -1.42. The summed E-state index contributed by atoms with van der Waals surface area (Å²) in [6.45, 7) is 20.1. The van der Waals surface area contributed by atoms with Crippen molar-refractivity contribution in [2.24, 2.45) is 4.99 Å². The Balaban J connectivity index is 1.54. The molecule has 0 saturated carbocycles. The van der Waals surface area contributed by atoms with Gasteiger partial charge in [0.2, 0.25) is 0 Å². The number of aliphatic imine (C=N–C) groups is 1. The maximum atomic E-state index is 11.5. The van der Waals surface area contributed by atoms with Crippen LogP contribution in [0.4, 0.5) is 5.69 Å². The third-order valence-corrected chi connectivity index (χ3v) is 11.1. The lowest BCUT2D eigenvalue weighted by Crippen LogP contribution is -2.37. The van der Waals surface area contributed by atoms with E-state index in [2.05, 4.69) is 151 Å². The summed E-state index contributed by atoms with van der Waals surface area (Å²) in [6, 6.07) is 38.2. The quantitative estimate of drug-likeness (QED) is 0.144. The van der Waals surface area contributed by atoms with Crippen LogP contribution in [0.5, 0.6) is 5.75 Å². The lowest BCUT2D eigenvalue weighted by Gasteiger charge is -2.27. The molecule has 0 fully saturated rings. The second-order valence-electron chi connectivity index (χ2n) is 15.8. The molecule has 0 aliphatic carbocycles. The number of imidazole rings is 1. The van der Waals surface area contributed by atoms with E-state index in [4.69, 9.17) is 9.98 Å². The molecule has 0 atom stereocenters. The number of rotatable bonds is 6. The molecular formula is C43H47N3OSi. The molecule has 244 valence electrons. The van der Waals surface area contributed by atoms with Gasteiger partial charge in [0, 0.05) is 34.2 Å². The van der Waals surface area contributed by atoms with Gasteiger partial charge in [0.25, 0.3) is 0 Å². The summed E-state index contributed by atoms with van der Waals surface area (Å²) in [5.74, 6) is 1.09. The van der Waals surface area contributed by atoms with Gasteiger partial charge >= 0.3 is 0 Å². The van der Waals surface area contributed by atoms with Crippen LogP contribution in [0.25, 0.3) is 39.2 Å². The molecule has 1 heterocycles. The normalized spacial score (nSPS) is 12.7. The van der Waals surface area contributed by atoms with E-state index in [-0.39, 0.29) is 16.6 Å². The van der Waals surface area contributed by atoms with Gasteiger partial charge in [0.15, 0.2) is 0 Å². The number of hydrogen-bond acceptors (Lipinski definition) is 3. The number of hydrogen-bond donors (Lipinski definition) is 1. The van der Waals surface area contributed by atoms with E-state index in [1.807, 2.05) is 24.3 Å². The van der Waals surface area contributed by atoms with Crippen molar-refractivity contribution in [1.82, 2.24) is 9.55 Å². The molecular weight excluding hydrogens is 603 g/mol. The fourth-order valence-corrected chi connectivity index (χ4v) is 7.34. The number of nitrogens with zero attached hydrogens (tertiary/aromatic N) is 3.